The molecule has 136 valence electrons. The van der Waals surface area contributed by atoms with Crippen molar-refractivity contribution in [3.05, 3.63) is 76.7 Å². The Morgan fingerprint density at radius 2 is 1.96 bits per heavy atom. The van der Waals surface area contributed by atoms with Gasteiger partial charge in [-0.25, -0.2) is 14.8 Å². The summed E-state index contributed by atoms with van der Waals surface area (Å²) in [6, 6.07) is 14.1. The standard InChI is InChI=1S/C21H19N3O2S/c1-3-15-7-9-16(10-8-15)20-22-17(13-27-20)12-26-21(25)18-11-24-14(2)5-4-6-19(24)23-18/h4-11,13H,3,12H2,1-2H3. The van der Waals surface area contributed by atoms with E-state index in [2.05, 4.69) is 41.2 Å². The summed E-state index contributed by atoms with van der Waals surface area (Å²) in [6.07, 6.45) is 2.72. The maximum absolute atomic E-state index is 12.3. The number of imidazole rings is 1. The van der Waals surface area contributed by atoms with Crippen LogP contribution in [0.1, 0.15) is 34.4 Å². The lowest BCUT2D eigenvalue weighted by atomic mass is 10.1. The van der Waals surface area contributed by atoms with Gasteiger partial charge in [0.15, 0.2) is 5.69 Å². The molecule has 4 rings (SSSR count). The number of fused-ring (bicyclic) bond motifs is 1. The van der Waals surface area contributed by atoms with Gasteiger partial charge in [-0.15, -0.1) is 11.3 Å². The highest BCUT2D eigenvalue weighted by Gasteiger charge is 2.14. The van der Waals surface area contributed by atoms with Gasteiger partial charge in [0, 0.05) is 22.8 Å². The third kappa shape index (κ3) is 3.61. The summed E-state index contributed by atoms with van der Waals surface area (Å²) < 4.78 is 7.27. The second kappa shape index (κ2) is 7.32. The number of benzene rings is 1. The summed E-state index contributed by atoms with van der Waals surface area (Å²) in [6.45, 7) is 4.23. The van der Waals surface area contributed by atoms with Crippen LogP contribution >= 0.6 is 11.3 Å². The first kappa shape index (κ1) is 17.4. The van der Waals surface area contributed by atoms with Gasteiger partial charge in [0.1, 0.15) is 17.3 Å². The number of hydrogen-bond donors (Lipinski definition) is 0. The van der Waals surface area contributed by atoms with Gasteiger partial charge >= 0.3 is 5.97 Å². The van der Waals surface area contributed by atoms with Crippen LogP contribution in [-0.2, 0) is 17.8 Å². The number of hydrogen-bond acceptors (Lipinski definition) is 5. The molecule has 6 heteroatoms. The quantitative estimate of drug-likeness (QED) is 0.474. The number of nitrogens with zero attached hydrogens (tertiary/aromatic N) is 3. The molecule has 5 nitrogen and oxygen atoms in total. The van der Waals surface area contributed by atoms with E-state index in [4.69, 9.17) is 4.74 Å². The van der Waals surface area contributed by atoms with Crippen molar-refractivity contribution in [1.29, 1.82) is 0 Å². The van der Waals surface area contributed by atoms with Crippen LogP contribution in [-0.4, -0.2) is 20.3 Å². The molecule has 0 atom stereocenters. The minimum atomic E-state index is -0.444. The van der Waals surface area contributed by atoms with Crippen LogP contribution in [0.25, 0.3) is 16.2 Å². The molecule has 0 fully saturated rings. The molecule has 0 bridgehead atoms. The van der Waals surface area contributed by atoms with Gasteiger partial charge in [0.05, 0.1) is 5.69 Å². The van der Waals surface area contributed by atoms with E-state index in [9.17, 15) is 4.79 Å². The molecule has 3 heterocycles. The number of thiazole rings is 1. The Labute approximate surface area is 161 Å². The maximum Gasteiger partial charge on any atom is 0.358 e. The van der Waals surface area contributed by atoms with Crippen LogP contribution < -0.4 is 0 Å². The van der Waals surface area contributed by atoms with Crippen LogP contribution in [0.4, 0.5) is 0 Å². The number of aryl methyl sites for hydroxylation is 2. The highest BCUT2D eigenvalue weighted by atomic mass is 32.1. The van der Waals surface area contributed by atoms with Gasteiger partial charge in [-0.3, -0.25) is 0 Å². The topological polar surface area (TPSA) is 56.5 Å². The molecular formula is C21H19N3O2S. The van der Waals surface area contributed by atoms with Crippen molar-refractivity contribution >= 4 is 23.0 Å². The Kier molecular flexibility index (Phi) is 4.73. The van der Waals surface area contributed by atoms with E-state index in [1.54, 1.807) is 17.5 Å². The second-order valence-electron chi connectivity index (χ2n) is 6.29. The molecule has 0 saturated heterocycles. The molecule has 0 aliphatic carbocycles. The van der Waals surface area contributed by atoms with Gasteiger partial charge in [-0.05, 0) is 31.0 Å². The zero-order valence-electron chi connectivity index (χ0n) is 15.2. The minimum Gasteiger partial charge on any atom is -0.454 e. The Balaban J connectivity index is 1.44. The van der Waals surface area contributed by atoms with Crippen LogP contribution in [0.15, 0.2) is 54.0 Å². The van der Waals surface area contributed by atoms with E-state index in [0.717, 1.165) is 34.0 Å². The minimum absolute atomic E-state index is 0.134. The second-order valence-corrected chi connectivity index (χ2v) is 7.15. The molecule has 0 aliphatic rings. The fourth-order valence-electron chi connectivity index (χ4n) is 2.85. The lowest BCUT2D eigenvalue weighted by Gasteiger charge is -2.00. The summed E-state index contributed by atoms with van der Waals surface area (Å²) in [5.74, 6) is -0.444. The number of aromatic nitrogens is 3. The first-order chi connectivity index (χ1) is 13.1. The number of ether oxygens (including phenoxy) is 1. The third-order valence-corrected chi connectivity index (χ3v) is 5.36. The molecule has 0 aliphatic heterocycles. The van der Waals surface area contributed by atoms with Gasteiger partial charge < -0.3 is 9.14 Å². The zero-order valence-corrected chi connectivity index (χ0v) is 16.0. The Morgan fingerprint density at radius 3 is 2.70 bits per heavy atom. The molecule has 0 amide bonds. The van der Waals surface area contributed by atoms with Crippen LogP contribution in [0.5, 0.6) is 0 Å². The summed E-state index contributed by atoms with van der Waals surface area (Å²) >= 11 is 1.55. The summed E-state index contributed by atoms with van der Waals surface area (Å²) in [5.41, 5.74) is 5.15. The largest absolute Gasteiger partial charge is 0.454 e. The average molecular weight is 377 g/mol. The van der Waals surface area contributed by atoms with Crippen molar-refractivity contribution in [2.45, 2.75) is 26.9 Å². The van der Waals surface area contributed by atoms with Crippen LogP contribution in [0.2, 0.25) is 0 Å². The first-order valence-corrected chi connectivity index (χ1v) is 9.67. The Bertz CT molecular complexity index is 1100. The molecule has 3 aromatic heterocycles. The molecule has 4 aromatic rings. The average Bonchev–Trinajstić information content (AvgIpc) is 3.34. The first-order valence-electron chi connectivity index (χ1n) is 8.79. The van der Waals surface area contributed by atoms with Gasteiger partial charge in [-0.1, -0.05) is 37.3 Å². The third-order valence-electron chi connectivity index (χ3n) is 4.42. The van der Waals surface area contributed by atoms with Crippen LogP contribution in [0.3, 0.4) is 0 Å². The molecule has 0 radical (unpaired) electrons. The van der Waals surface area contributed by atoms with Crippen molar-refractivity contribution < 1.29 is 9.53 Å². The highest BCUT2D eigenvalue weighted by molar-refractivity contribution is 7.13. The smallest absolute Gasteiger partial charge is 0.358 e. The normalized spacial score (nSPS) is 11.0. The van der Waals surface area contributed by atoms with Gasteiger partial charge in [-0.2, -0.15) is 0 Å². The monoisotopic (exact) mass is 377 g/mol. The van der Waals surface area contributed by atoms with Crippen molar-refractivity contribution in [2.75, 3.05) is 0 Å². The SMILES string of the molecule is CCc1ccc(-c2nc(COC(=O)c3cn4c(C)cccc4n3)cs2)cc1. The number of carbonyl (C=O) groups is 1. The van der Waals surface area contributed by atoms with Crippen molar-refractivity contribution in [2.24, 2.45) is 0 Å². The summed E-state index contributed by atoms with van der Waals surface area (Å²) in [7, 11) is 0. The molecule has 0 N–H and O–H groups in total. The van der Waals surface area contributed by atoms with E-state index in [0.29, 0.717) is 5.69 Å². The molecule has 0 spiro atoms. The van der Waals surface area contributed by atoms with E-state index in [1.807, 2.05) is 34.9 Å². The van der Waals surface area contributed by atoms with Gasteiger partial charge in [0.25, 0.3) is 0 Å². The van der Waals surface area contributed by atoms with E-state index >= 15 is 0 Å². The molecular weight excluding hydrogens is 358 g/mol. The number of carbonyl (C=O) groups excluding carboxylic acids is 1. The molecule has 27 heavy (non-hydrogen) atoms. The lowest BCUT2D eigenvalue weighted by molar-refractivity contribution is 0.0462. The number of esters is 1. The van der Waals surface area contributed by atoms with Crippen molar-refractivity contribution in [3.63, 3.8) is 0 Å². The predicted molar refractivity (Wildman–Crippen MR) is 106 cm³/mol. The van der Waals surface area contributed by atoms with Gasteiger partial charge in [0.2, 0.25) is 0 Å². The fourth-order valence-corrected chi connectivity index (χ4v) is 3.66. The Hall–Kier alpha value is -2.99. The lowest BCUT2D eigenvalue weighted by Crippen LogP contribution is -2.05. The van der Waals surface area contributed by atoms with Crippen molar-refractivity contribution in [1.82, 2.24) is 14.4 Å². The number of pyridine rings is 1. The number of rotatable bonds is 5. The maximum atomic E-state index is 12.3. The Morgan fingerprint density at radius 1 is 1.15 bits per heavy atom. The van der Waals surface area contributed by atoms with Crippen molar-refractivity contribution in [3.8, 4) is 10.6 Å². The molecule has 1 aromatic carbocycles. The summed E-state index contributed by atoms with van der Waals surface area (Å²) in [5, 5.41) is 2.84. The summed E-state index contributed by atoms with van der Waals surface area (Å²) in [4.78, 5) is 21.2. The van der Waals surface area contributed by atoms with Crippen LogP contribution in [0, 0.1) is 6.92 Å². The van der Waals surface area contributed by atoms with E-state index in [-0.39, 0.29) is 6.61 Å². The molecule has 0 saturated carbocycles. The van der Waals surface area contributed by atoms with E-state index < -0.39 is 5.97 Å². The molecule has 0 unspecified atom stereocenters. The highest BCUT2D eigenvalue weighted by Crippen LogP contribution is 2.24. The fraction of sp³-hybridized carbons (Fsp3) is 0.190. The zero-order chi connectivity index (χ0) is 18.8. The van der Waals surface area contributed by atoms with E-state index in [1.165, 1.54) is 5.56 Å². The predicted octanol–water partition coefficient (Wildman–Crippen LogP) is 4.69.